The molecule has 2 aliphatic rings. The van der Waals surface area contributed by atoms with Gasteiger partial charge in [-0.15, -0.1) is 11.8 Å². The number of fused-ring (bicyclic) bond motifs is 1. The molecule has 3 N–H and O–H groups in total. The Hall–Kier alpha value is -2.26. The molecule has 140 valence electrons. The van der Waals surface area contributed by atoms with E-state index in [2.05, 4.69) is 5.32 Å². The van der Waals surface area contributed by atoms with Crippen molar-refractivity contribution in [2.24, 2.45) is 0 Å². The average molecular weight is 380 g/mol. The van der Waals surface area contributed by atoms with Crippen molar-refractivity contribution in [3.05, 3.63) is 30.3 Å². The van der Waals surface area contributed by atoms with E-state index in [4.69, 9.17) is 4.74 Å². The number of carboxylic acid groups (broad SMARTS) is 1. The molecule has 2 aliphatic heterocycles. The van der Waals surface area contributed by atoms with E-state index in [0.29, 0.717) is 5.75 Å². The molecule has 2 heterocycles. The molecule has 0 unspecified atom stereocenters. The number of aliphatic hydroxyl groups excluding tert-OH is 1. The van der Waals surface area contributed by atoms with Crippen LogP contribution in [0.4, 0.5) is 0 Å². The first-order valence-corrected chi connectivity index (χ1v) is 8.94. The summed E-state index contributed by atoms with van der Waals surface area (Å²) in [5.74, 6) is -1.76. The lowest BCUT2D eigenvalue weighted by molar-refractivity contribution is -0.172. The Kier molecular flexibility index (Phi) is 4.61. The van der Waals surface area contributed by atoms with Gasteiger partial charge in [-0.3, -0.25) is 9.59 Å². The van der Waals surface area contributed by atoms with Crippen molar-refractivity contribution in [2.45, 2.75) is 35.5 Å². The van der Waals surface area contributed by atoms with Gasteiger partial charge in [0, 0.05) is 4.75 Å². The molecule has 8 nitrogen and oxygen atoms in total. The van der Waals surface area contributed by atoms with Gasteiger partial charge >= 0.3 is 5.97 Å². The molecular formula is C17H20N2O6S. The number of nitrogens with zero attached hydrogens (tertiary/aromatic N) is 1. The summed E-state index contributed by atoms with van der Waals surface area (Å²) < 4.78 is 4.61. The number of thioether (sulfide) groups is 1. The highest BCUT2D eigenvalue weighted by atomic mass is 32.2. The van der Waals surface area contributed by atoms with E-state index in [-0.39, 0.29) is 6.61 Å². The molecule has 0 radical (unpaired) electrons. The molecule has 1 aromatic rings. The van der Waals surface area contributed by atoms with E-state index in [1.807, 2.05) is 6.07 Å². The zero-order valence-electron chi connectivity index (χ0n) is 14.3. The summed E-state index contributed by atoms with van der Waals surface area (Å²) in [5, 5.41) is 21.2. The Balaban J connectivity index is 1.71. The predicted octanol–water partition coefficient (Wildman–Crippen LogP) is 0.0596. The molecule has 0 spiro atoms. The number of ether oxygens (including phenoxy) is 1. The van der Waals surface area contributed by atoms with Crippen LogP contribution in [-0.2, 0) is 14.4 Å². The normalized spacial score (nSPS) is 28.9. The van der Waals surface area contributed by atoms with Gasteiger partial charge in [-0.25, -0.2) is 4.79 Å². The maximum Gasteiger partial charge on any atom is 0.327 e. The molecule has 0 aromatic heterocycles. The predicted molar refractivity (Wildman–Crippen MR) is 93.6 cm³/mol. The molecule has 26 heavy (non-hydrogen) atoms. The van der Waals surface area contributed by atoms with Crippen LogP contribution in [-0.4, -0.2) is 67.8 Å². The lowest BCUT2D eigenvalue weighted by Gasteiger charge is -2.52. The van der Waals surface area contributed by atoms with Gasteiger partial charge < -0.3 is 25.2 Å². The minimum absolute atomic E-state index is 0.317. The first-order chi connectivity index (χ1) is 12.2. The summed E-state index contributed by atoms with van der Waals surface area (Å²) in [7, 11) is 0. The van der Waals surface area contributed by atoms with Crippen molar-refractivity contribution >= 4 is 29.5 Å². The van der Waals surface area contributed by atoms with Crippen LogP contribution in [0.15, 0.2) is 30.3 Å². The van der Waals surface area contributed by atoms with E-state index in [1.165, 1.54) is 16.7 Å². The Labute approximate surface area is 154 Å². The number of hydrogen-bond donors (Lipinski definition) is 3. The summed E-state index contributed by atoms with van der Waals surface area (Å²) in [6.07, 6.45) is 0. The molecule has 9 heteroatoms. The number of carboxylic acids is 1. The lowest BCUT2D eigenvalue weighted by Crippen LogP contribution is -2.81. The Morgan fingerprint density at radius 2 is 1.96 bits per heavy atom. The van der Waals surface area contributed by atoms with Crippen LogP contribution in [0.1, 0.15) is 13.8 Å². The molecule has 1 aromatic carbocycles. The molecule has 0 saturated carbocycles. The average Bonchev–Trinajstić information content (AvgIpc) is 2.88. The van der Waals surface area contributed by atoms with Gasteiger partial charge in [0.2, 0.25) is 0 Å². The third kappa shape index (κ3) is 2.80. The third-order valence-corrected chi connectivity index (χ3v) is 6.28. The van der Waals surface area contributed by atoms with Crippen LogP contribution in [0, 0.1) is 0 Å². The zero-order valence-corrected chi connectivity index (χ0v) is 15.2. The first kappa shape index (κ1) is 18.5. The summed E-state index contributed by atoms with van der Waals surface area (Å²) in [6.45, 7) is 2.52. The van der Waals surface area contributed by atoms with Gasteiger partial charge in [0.05, 0.1) is 6.61 Å². The number of aliphatic carboxylic acids is 1. The van der Waals surface area contributed by atoms with Gasteiger partial charge in [-0.05, 0) is 26.0 Å². The van der Waals surface area contributed by atoms with Crippen LogP contribution >= 0.6 is 11.8 Å². The quantitative estimate of drug-likeness (QED) is 0.598. The Morgan fingerprint density at radius 1 is 1.31 bits per heavy atom. The van der Waals surface area contributed by atoms with Crippen molar-refractivity contribution in [3.63, 3.8) is 0 Å². The van der Waals surface area contributed by atoms with Gasteiger partial charge in [-0.1, -0.05) is 18.2 Å². The smallest absolute Gasteiger partial charge is 0.327 e. The van der Waals surface area contributed by atoms with Gasteiger partial charge in [-0.2, -0.15) is 0 Å². The minimum atomic E-state index is -1.52. The number of β-lactam (4-membered cyclic amide) rings is 1. The van der Waals surface area contributed by atoms with Crippen molar-refractivity contribution in [3.8, 4) is 5.75 Å². The molecule has 3 atom stereocenters. The fourth-order valence-electron chi connectivity index (χ4n) is 3.38. The summed E-state index contributed by atoms with van der Waals surface area (Å²) >= 11 is 1.25. The van der Waals surface area contributed by atoms with Crippen molar-refractivity contribution in [2.75, 3.05) is 13.2 Å². The maximum atomic E-state index is 12.6. The minimum Gasteiger partial charge on any atom is -0.484 e. The highest BCUT2D eigenvalue weighted by molar-refractivity contribution is 8.01. The molecule has 2 saturated heterocycles. The SMILES string of the molecule is CC1(C)S[C@H]2N(C(=O)[C@@]2(CO)NC(=O)COc2ccccc2)[C@H]1C(=O)O. The number of carbonyl (C=O) groups excluding carboxylic acids is 2. The van der Waals surface area contributed by atoms with Crippen molar-refractivity contribution < 1.29 is 29.3 Å². The largest absolute Gasteiger partial charge is 0.484 e. The third-order valence-electron chi connectivity index (χ3n) is 4.60. The van der Waals surface area contributed by atoms with Gasteiger partial charge in [0.25, 0.3) is 11.8 Å². The Morgan fingerprint density at radius 3 is 2.54 bits per heavy atom. The molecule has 2 amide bonds. The maximum absolute atomic E-state index is 12.6. The Bertz CT molecular complexity index is 740. The van der Waals surface area contributed by atoms with Crippen molar-refractivity contribution in [1.82, 2.24) is 10.2 Å². The van der Waals surface area contributed by atoms with E-state index < -0.39 is 46.1 Å². The van der Waals surface area contributed by atoms with Crippen LogP contribution in [0.5, 0.6) is 5.75 Å². The number of nitrogens with one attached hydrogen (secondary N) is 1. The molecule has 0 aliphatic carbocycles. The summed E-state index contributed by atoms with van der Waals surface area (Å²) in [6, 6.07) is 7.71. The van der Waals surface area contributed by atoms with Gasteiger partial charge in [0.1, 0.15) is 17.2 Å². The zero-order chi connectivity index (χ0) is 19.1. The number of amides is 2. The molecule has 2 fully saturated rings. The number of hydrogen-bond acceptors (Lipinski definition) is 6. The molecular weight excluding hydrogens is 360 g/mol. The van der Waals surface area contributed by atoms with E-state index in [1.54, 1.807) is 38.1 Å². The second-order valence-corrected chi connectivity index (χ2v) is 8.54. The molecule has 3 rings (SSSR count). The van der Waals surface area contributed by atoms with Crippen LogP contribution < -0.4 is 10.1 Å². The first-order valence-electron chi connectivity index (χ1n) is 8.06. The van der Waals surface area contributed by atoms with E-state index in [0.717, 1.165) is 0 Å². The second-order valence-electron chi connectivity index (χ2n) is 6.81. The molecule has 0 bridgehead atoms. The van der Waals surface area contributed by atoms with Crippen molar-refractivity contribution in [1.29, 1.82) is 0 Å². The van der Waals surface area contributed by atoms with Crippen LogP contribution in [0.3, 0.4) is 0 Å². The number of para-hydroxylation sites is 1. The highest BCUT2D eigenvalue weighted by Gasteiger charge is 2.71. The standard InChI is InChI=1S/C17H20N2O6S/c1-16(2)12(13(22)23)19-14(24)17(9-20,15(19)26-16)18-11(21)8-25-10-6-4-3-5-7-10/h3-7,12,15,20H,8-9H2,1-2H3,(H,18,21)(H,22,23)/t12-,15+,17+/m0/s1. The summed E-state index contributed by atoms with van der Waals surface area (Å²) in [5.41, 5.74) is -1.52. The van der Waals surface area contributed by atoms with Crippen LogP contribution in [0.25, 0.3) is 0 Å². The van der Waals surface area contributed by atoms with Crippen LogP contribution in [0.2, 0.25) is 0 Å². The van der Waals surface area contributed by atoms with E-state index >= 15 is 0 Å². The second kappa shape index (κ2) is 6.48. The van der Waals surface area contributed by atoms with Gasteiger partial charge in [0.15, 0.2) is 12.1 Å². The monoisotopic (exact) mass is 380 g/mol. The van der Waals surface area contributed by atoms with E-state index in [9.17, 15) is 24.6 Å². The fraction of sp³-hybridized carbons (Fsp3) is 0.471. The number of rotatable bonds is 6. The number of benzene rings is 1. The lowest BCUT2D eigenvalue weighted by atomic mass is 9.85. The topological polar surface area (TPSA) is 116 Å². The number of carbonyl (C=O) groups is 3. The number of aliphatic hydroxyl groups is 1. The summed E-state index contributed by atoms with van der Waals surface area (Å²) in [4.78, 5) is 37.7. The highest BCUT2D eigenvalue weighted by Crippen LogP contribution is 2.54. The fourth-order valence-corrected chi connectivity index (χ4v) is 5.06.